The second kappa shape index (κ2) is 9.01. The van der Waals surface area contributed by atoms with Gasteiger partial charge in [-0.15, -0.1) is 0 Å². The Kier molecular flexibility index (Phi) is 5.98. The van der Waals surface area contributed by atoms with Gasteiger partial charge in [-0.05, 0) is 34.4 Å². The fourth-order valence-corrected chi connectivity index (χ4v) is 4.14. The molecule has 164 valence electrons. The number of amides is 1. The van der Waals surface area contributed by atoms with Crippen molar-refractivity contribution in [3.63, 3.8) is 0 Å². The van der Waals surface area contributed by atoms with E-state index in [9.17, 15) is 19.8 Å². The number of ether oxygens (including phenoxy) is 2. The summed E-state index contributed by atoms with van der Waals surface area (Å²) in [6.45, 7) is 0.0755. The zero-order valence-electron chi connectivity index (χ0n) is 17.4. The zero-order valence-corrected chi connectivity index (χ0v) is 17.4. The van der Waals surface area contributed by atoms with Crippen molar-refractivity contribution in [2.24, 2.45) is 0 Å². The minimum Gasteiger partial charge on any atom is -0.508 e. The predicted molar refractivity (Wildman–Crippen MR) is 118 cm³/mol. The summed E-state index contributed by atoms with van der Waals surface area (Å²) in [6.07, 6.45) is -0.997. The monoisotopic (exact) mass is 433 g/mol. The molecule has 0 fully saturated rings. The van der Waals surface area contributed by atoms with E-state index < -0.39 is 18.1 Å². The number of hydrogen-bond acceptors (Lipinski definition) is 5. The van der Waals surface area contributed by atoms with Crippen LogP contribution in [0.4, 0.5) is 4.79 Å². The van der Waals surface area contributed by atoms with Crippen LogP contribution in [0.2, 0.25) is 0 Å². The maximum absolute atomic E-state index is 12.5. The molecule has 0 aromatic heterocycles. The summed E-state index contributed by atoms with van der Waals surface area (Å²) in [5.41, 5.74) is 4.63. The Morgan fingerprint density at radius 2 is 1.59 bits per heavy atom. The van der Waals surface area contributed by atoms with Gasteiger partial charge < -0.3 is 25.0 Å². The molecule has 0 radical (unpaired) electrons. The lowest BCUT2D eigenvalue weighted by molar-refractivity contribution is -0.139. The number of rotatable bonds is 7. The first kappa shape index (κ1) is 21.2. The minimum absolute atomic E-state index is 0.0755. The number of carbonyl (C=O) groups is 2. The molecular weight excluding hydrogens is 410 g/mol. The van der Waals surface area contributed by atoms with Crippen LogP contribution in [0.25, 0.3) is 11.1 Å². The van der Waals surface area contributed by atoms with Crippen LogP contribution in [0, 0.1) is 0 Å². The lowest BCUT2D eigenvalue weighted by atomic mass is 9.98. The molecule has 3 N–H and O–H groups in total. The van der Waals surface area contributed by atoms with E-state index in [1.54, 1.807) is 12.1 Å². The lowest BCUT2D eigenvalue weighted by Gasteiger charge is -2.19. The van der Waals surface area contributed by atoms with Crippen LogP contribution in [0.15, 0.2) is 66.7 Å². The summed E-state index contributed by atoms with van der Waals surface area (Å²) in [5, 5.41) is 22.1. The average molecular weight is 433 g/mol. The number of nitrogens with one attached hydrogen (secondary N) is 1. The van der Waals surface area contributed by atoms with Crippen molar-refractivity contribution in [2.45, 2.75) is 18.4 Å². The van der Waals surface area contributed by atoms with Crippen LogP contribution in [0.1, 0.15) is 22.6 Å². The molecule has 0 saturated heterocycles. The standard InChI is InChI=1S/C25H23NO6/c1-31-23-12-6-11-22(27)19(23)13-21(24(28)29)26-25(30)32-14-20-17-9-4-2-7-15(17)16-8-3-5-10-18(16)20/h2-12,20-21,27H,13-14H2,1H3,(H,26,30)(H,28,29). The Bertz CT molecular complexity index is 1110. The number of phenolic OH excluding ortho intramolecular Hbond substituents is 1. The normalized spacial score (nSPS) is 13.0. The highest BCUT2D eigenvalue weighted by molar-refractivity contribution is 5.81. The molecule has 1 amide bonds. The highest BCUT2D eigenvalue weighted by atomic mass is 16.5. The summed E-state index contributed by atoms with van der Waals surface area (Å²) in [5.74, 6) is -1.14. The van der Waals surface area contributed by atoms with E-state index in [0.29, 0.717) is 11.3 Å². The van der Waals surface area contributed by atoms with Crippen LogP contribution >= 0.6 is 0 Å². The SMILES string of the molecule is COc1cccc(O)c1CC(NC(=O)OCC1c2ccccc2-c2ccccc21)C(=O)O. The van der Waals surface area contributed by atoms with Crippen LogP contribution in [0.3, 0.4) is 0 Å². The number of benzene rings is 3. The third kappa shape index (κ3) is 4.09. The summed E-state index contributed by atoms with van der Waals surface area (Å²) < 4.78 is 10.6. The fourth-order valence-electron chi connectivity index (χ4n) is 4.14. The number of phenols is 1. The molecule has 4 rings (SSSR count). The quantitative estimate of drug-likeness (QED) is 0.521. The molecular formula is C25H23NO6. The molecule has 3 aromatic carbocycles. The molecule has 3 aromatic rings. The van der Waals surface area contributed by atoms with Crippen LogP contribution < -0.4 is 10.1 Å². The highest BCUT2D eigenvalue weighted by Gasteiger charge is 2.30. The fraction of sp³-hybridized carbons (Fsp3) is 0.200. The maximum atomic E-state index is 12.5. The second-order valence-electron chi connectivity index (χ2n) is 7.52. The summed E-state index contributed by atoms with van der Waals surface area (Å²) in [6, 6.07) is 19.2. The average Bonchev–Trinajstić information content (AvgIpc) is 3.12. The number of alkyl carbamates (subject to hydrolysis) is 1. The molecule has 0 bridgehead atoms. The number of carbonyl (C=O) groups excluding carboxylic acids is 1. The van der Waals surface area contributed by atoms with E-state index in [1.807, 2.05) is 48.5 Å². The van der Waals surface area contributed by atoms with Gasteiger partial charge in [0.2, 0.25) is 0 Å². The number of fused-ring (bicyclic) bond motifs is 3. The topological polar surface area (TPSA) is 105 Å². The zero-order chi connectivity index (χ0) is 22.7. The molecule has 7 heteroatoms. The smallest absolute Gasteiger partial charge is 0.407 e. The summed E-state index contributed by atoms with van der Waals surface area (Å²) in [4.78, 5) is 24.2. The van der Waals surface area contributed by atoms with E-state index in [1.165, 1.54) is 13.2 Å². The number of hydrogen-bond donors (Lipinski definition) is 3. The first-order valence-corrected chi connectivity index (χ1v) is 10.2. The van der Waals surface area contributed by atoms with Crippen molar-refractivity contribution in [1.29, 1.82) is 0 Å². The van der Waals surface area contributed by atoms with E-state index in [0.717, 1.165) is 22.3 Å². The Hall–Kier alpha value is -4.00. The van der Waals surface area contributed by atoms with E-state index in [4.69, 9.17) is 9.47 Å². The van der Waals surface area contributed by atoms with Crippen molar-refractivity contribution >= 4 is 12.1 Å². The molecule has 1 aliphatic carbocycles. The van der Waals surface area contributed by atoms with Gasteiger partial charge in [-0.3, -0.25) is 0 Å². The summed E-state index contributed by atoms with van der Waals surface area (Å²) in [7, 11) is 1.42. The van der Waals surface area contributed by atoms with Crippen molar-refractivity contribution in [3.05, 3.63) is 83.4 Å². The van der Waals surface area contributed by atoms with Crippen molar-refractivity contribution in [1.82, 2.24) is 5.32 Å². The molecule has 0 saturated carbocycles. The van der Waals surface area contributed by atoms with Crippen molar-refractivity contribution < 1.29 is 29.3 Å². The van der Waals surface area contributed by atoms with E-state index in [-0.39, 0.29) is 24.7 Å². The molecule has 0 spiro atoms. The van der Waals surface area contributed by atoms with Gasteiger partial charge in [0, 0.05) is 17.9 Å². The number of carboxylic acids is 1. The Labute approximate surface area is 185 Å². The lowest BCUT2D eigenvalue weighted by Crippen LogP contribution is -2.43. The first-order chi connectivity index (χ1) is 15.5. The molecule has 7 nitrogen and oxygen atoms in total. The van der Waals surface area contributed by atoms with Gasteiger partial charge in [0.1, 0.15) is 24.1 Å². The minimum atomic E-state index is -1.30. The van der Waals surface area contributed by atoms with E-state index >= 15 is 0 Å². The van der Waals surface area contributed by atoms with Gasteiger partial charge in [0.05, 0.1) is 7.11 Å². The molecule has 1 atom stereocenters. The molecule has 1 aliphatic rings. The van der Waals surface area contributed by atoms with Crippen molar-refractivity contribution in [2.75, 3.05) is 13.7 Å². The third-order valence-electron chi connectivity index (χ3n) is 5.67. The first-order valence-electron chi connectivity index (χ1n) is 10.2. The number of aliphatic carboxylic acids is 1. The predicted octanol–water partition coefficient (Wildman–Crippen LogP) is 3.94. The van der Waals surface area contributed by atoms with E-state index in [2.05, 4.69) is 5.32 Å². The second-order valence-corrected chi connectivity index (χ2v) is 7.52. The van der Waals surface area contributed by atoms with Gasteiger partial charge in [0.25, 0.3) is 0 Å². The van der Waals surface area contributed by atoms with Crippen molar-refractivity contribution in [3.8, 4) is 22.6 Å². The summed E-state index contributed by atoms with van der Waals surface area (Å²) >= 11 is 0. The molecule has 0 heterocycles. The van der Waals surface area contributed by atoms with Crippen LogP contribution in [-0.4, -0.2) is 42.0 Å². The number of carboxylic acid groups (broad SMARTS) is 1. The van der Waals surface area contributed by atoms with Gasteiger partial charge in [-0.2, -0.15) is 0 Å². The third-order valence-corrected chi connectivity index (χ3v) is 5.67. The Morgan fingerprint density at radius 3 is 2.19 bits per heavy atom. The Morgan fingerprint density at radius 1 is 0.969 bits per heavy atom. The van der Waals surface area contributed by atoms with Gasteiger partial charge in [-0.1, -0.05) is 54.6 Å². The molecule has 1 unspecified atom stereocenters. The van der Waals surface area contributed by atoms with Crippen LogP contribution in [0.5, 0.6) is 11.5 Å². The van der Waals surface area contributed by atoms with Crippen LogP contribution in [-0.2, 0) is 16.0 Å². The largest absolute Gasteiger partial charge is 0.508 e. The molecule has 32 heavy (non-hydrogen) atoms. The number of methoxy groups -OCH3 is 1. The Balaban J connectivity index is 1.46. The van der Waals surface area contributed by atoms with Gasteiger partial charge >= 0.3 is 12.1 Å². The highest BCUT2D eigenvalue weighted by Crippen LogP contribution is 2.44. The number of aromatic hydroxyl groups is 1. The maximum Gasteiger partial charge on any atom is 0.407 e. The van der Waals surface area contributed by atoms with Gasteiger partial charge in [-0.25, -0.2) is 9.59 Å². The van der Waals surface area contributed by atoms with Gasteiger partial charge in [0.15, 0.2) is 0 Å². The molecule has 0 aliphatic heterocycles.